The number of likely N-dealkylation sites (tertiary alicyclic amines) is 1. The van der Waals surface area contributed by atoms with Crippen molar-refractivity contribution in [1.82, 2.24) is 15.1 Å². The number of unbranched alkanes of at least 4 members (excludes halogenated alkanes) is 1. The molecule has 0 radical (unpaired) electrons. The molecule has 2 aromatic carbocycles. The Hall–Kier alpha value is -2.66. The van der Waals surface area contributed by atoms with Gasteiger partial charge in [-0.1, -0.05) is 51.0 Å². The van der Waals surface area contributed by atoms with E-state index in [4.69, 9.17) is 0 Å². The zero-order chi connectivity index (χ0) is 23.9. The number of nitrogens with zero attached hydrogens (tertiary/aromatic N) is 2. The van der Waals surface area contributed by atoms with Crippen molar-refractivity contribution in [2.75, 3.05) is 19.6 Å². The van der Waals surface area contributed by atoms with Crippen molar-refractivity contribution >= 4 is 11.6 Å². The molecule has 4 rings (SSSR count). The number of fused-ring (bicyclic) bond motifs is 1. The smallest absolute Gasteiger partial charge is 0.251 e. The van der Waals surface area contributed by atoms with E-state index in [1.54, 1.807) is 12.1 Å². The van der Waals surface area contributed by atoms with E-state index < -0.39 is 0 Å². The van der Waals surface area contributed by atoms with Crippen LogP contribution in [0.1, 0.15) is 78.9 Å². The summed E-state index contributed by atoms with van der Waals surface area (Å²) in [4.78, 5) is 17.6. The molecular weight excluding hydrogens is 425 g/mol. The Morgan fingerprint density at radius 3 is 2.76 bits per heavy atom. The number of piperidine rings is 1. The van der Waals surface area contributed by atoms with Gasteiger partial charge in [-0.15, -0.1) is 0 Å². The Labute approximate surface area is 203 Å². The fraction of sp³-hybridized carbons (Fsp3) is 0.483. The Bertz CT molecular complexity index is 987. The Morgan fingerprint density at radius 1 is 1.15 bits per heavy atom. The average Bonchev–Trinajstić information content (AvgIpc) is 3.16. The van der Waals surface area contributed by atoms with Crippen LogP contribution < -0.4 is 5.32 Å². The van der Waals surface area contributed by atoms with E-state index in [0.29, 0.717) is 18.7 Å². The fourth-order valence-electron chi connectivity index (χ4n) is 5.26. The Morgan fingerprint density at radius 2 is 1.97 bits per heavy atom. The minimum Gasteiger partial charge on any atom is -0.363 e. The Kier molecular flexibility index (Phi) is 8.39. The number of amides is 1. The molecule has 1 atom stereocenters. The summed E-state index contributed by atoms with van der Waals surface area (Å²) in [5.74, 6) is -0.246. The van der Waals surface area contributed by atoms with Crippen molar-refractivity contribution in [3.8, 4) is 0 Å². The summed E-state index contributed by atoms with van der Waals surface area (Å²) in [5, 5.41) is 3.11. The summed E-state index contributed by atoms with van der Waals surface area (Å²) in [6.45, 7) is 10.9. The van der Waals surface area contributed by atoms with Gasteiger partial charge < -0.3 is 15.1 Å². The van der Waals surface area contributed by atoms with Gasteiger partial charge in [-0.05, 0) is 67.6 Å². The first-order chi connectivity index (χ1) is 16.5. The molecule has 4 nitrogen and oxygen atoms in total. The van der Waals surface area contributed by atoms with Crippen LogP contribution in [0.4, 0.5) is 4.39 Å². The number of carbonyl (C=O) groups is 1. The number of nitrogens with one attached hydrogen (secondary N) is 1. The lowest BCUT2D eigenvalue weighted by Gasteiger charge is -2.36. The molecular formula is C29H38FN3O. The minimum absolute atomic E-state index is 0.0197. The van der Waals surface area contributed by atoms with Crippen molar-refractivity contribution in [1.29, 1.82) is 0 Å². The van der Waals surface area contributed by atoms with E-state index >= 15 is 0 Å². The van der Waals surface area contributed by atoms with Crippen LogP contribution in [0.25, 0.3) is 5.70 Å². The van der Waals surface area contributed by atoms with Gasteiger partial charge in [0.1, 0.15) is 5.82 Å². The molecule has 0 bridgehead atoms. The van der Waals surface area contributed by atoms with Gasteiger partial charge >= 0.3 is 0 Å². The molecule has 0 aromatic heterocycles. The fourth-order valence-corrected chi connectivity index (χ4v) is 5.26. The lowest BCUT2D eigenvalue weighted by molar-refractivity contribution is 0.0946. The summed E-state index contributed by atoms with van der Waals surface area (Å²) in [5.41, 5.74) is 4.84. The maximum absolute atomic E-state index is 13.2. The SMILES string of the molecule is C=C1c2cc(C(=O)NCCCN3CCCCC3CCCC)ccc2CN1Cc1ccc(F)cc1. The monoisotopic (exact) mass is 463 g/mol. The first-order valence-electron chi connectivity index (χ1n) is 12.9. The third-order valence-corrected chi connectivity index (χ3v) is 7.26. The minimum atomic E-state index is -0.227. The van der Waals surface area contributed by atoms with E-state index in [0.717, 1.165) is 42.4 Å². The molecule has 1 saturated heterocycles. The summed E-state index contributed by atoms with van der Waals surface area (Å²) in [6, 6.07) is 13.2. The quantitative estimate of drug-likeness (QED) is 0.441. The largest absolute Gasteiger partial charge is 0.363 e. The summed E-state index contributed by atoms with van der Waals surface area (Å²) < 4.78 is 13.2. The second-order valence-corrected chi connectivity index (χ2v) is 9.74. The van der Waals surface area contributed by atoms with Gasteiger partial charge in [0.25, 0.3) is 5.91 Å². The van der Waals surface area contributed by atoms with E-state index in [1.807, 2.05) is 18.2 Å². The molecule has 0 saturated carbocycles. The van der Waals surface area contributed by atoms with Crippen LogP contribution in [0.3, 0.4) is 0 Å². The molecule has 2 aliphatic heterocycles. The normalized spacial score (nSPS) is 18.2. The molecule has 0 aliphatic carbocycles. The highest BCUT2D eigenvalue weighted by Gasteiger charge is 2.24. The van der Waals surface area contributed by atoms with Crippen LogP contribution in [0.15, 0.2) is 49.0 Å². The maximum Gasteiger partial charge on any atom is 0.251 e. The molecule has 1 N–H and O–H groups in total. The molecule has 2 heterocycles. The summed E-state index contributed by atoms with van der Waals surface area (Å²) in [6.07, 6.45) is 8.83. The number of carbonyl (C=O) groups excluding carboxylic acids is 1. The van der Waals surface area contributed by atoms with Crippen molar-refractivity contribution in [2.24, 2.45) is 0 Å². The molecule has 2 aliphatic rings. The van der Waals surface area contributed by atoms with Crippen LogP contribution >= 0.6 is 0 Å². The number of benzene rings is 2. The lowest BCUT2D eigenvalue weighted by Crippen LogP contribution is -2.41. The van der Waals surface area contributed by atoms with Gasteiger partial charge in [0.15, 0.2) is 0 Å². The third kappa shape index (κ3) is 6.06. The predicted molar refractivity (Wildman–Crippen MR) is 137 cm³/mol. The van der Waals surface area contributed by atoms with Gasteiger partial charge in [-0.3, -0.25) is 4.79 Å². The maximum atomic E-state index is 13.2. The lowest BCUT2D eigenvalue weighted by atomic mass is 9.97. The summed E-state index contributed by atoms with van der Waals surface area (Å²) >= 11 is 0. The van der Waals surface area contributed by atoms with Crippen LogP contribution in [0.2, 0.25) is 0 Å². The molecule has 2 aromatic rings. The number of rotatable bonds is 10. The van der Waals surface area contributed by atoms with Gasteiger partial charge in [0.2, 0.25) is 0 Å². The zero-order valence-corrected chi connectivity index (χ0v) is 20.5. The number of halogens is 1. The number of hydrogen-bond acceptors (Lipinski definition) is 3. The van der Waals surface area contributed by atoms with Crippen LogP contribution in [-0.2, 0) is 13.1 Å². The molecule has 1 unspecified atom stereocenters. The van der Waals surface area contributed by atoms with E-state index in [-0.39, 0.29) is 11.7 Å². The van der Waals surface area contributed by atoms with E-state index in [1.165, 1.54) is 62.8 Å². The summed E-state index contributed by atoms with van der Waals surface area (Å²) in [7, 11) is 0. The van der Waals surface area contributed by atoms with Gasteiger partial charge in [0.05, 0.1) is 0 Å². The number of hydrogen-bond donors (Lipinski definition) is 1. The molecule has 0 spiro atoms. The second kappa shape index (κ2) is 11.7. The average molecular weight is 464 g/mol. The van der Waals surface area contributed by atoms with Crippen molar-refractivity contribution < 1.29 is 9.18 Å². The van der Waals surface area contributed by atoms with E-state index in [2.05, 4.69) is 28.6 Å². The van der Waals surface area contributed by atoms with Gasteiger partial charge in [-0.2, -0.15) is 0 Å². The molecule has 1 amide bonds. The van der Waals surface area contributed by atoms with E-state index in [9.17, 15) is 9.18 Å². The first kappa shape index (κ1) is 24.5. The highest BCUT2D eigenvalue weighted by molar-refractivity contribution is 5.95. The van der Waals surface area contributed by atoms with Gasteiger partial charge in [-0.25, -0.2) is 4.39 Å². The molecule has 34 heavy (non-hydrogen) atoms. The van der Waals surface area contributed by atoms with Crippen molar-refractivity contribution in [3.05, 3.63) is 77.1 Å². The second-order valence-electron chi connectivity index (χ2n) is 9.74. The molecule has 1 fully saturated rings. The van der Waals surface area contributed by atoms with Gasteiger partial charge in [0, 0.05) is 49.0 Å². The van der Waals surface area contributed by atoms with Crippen LogP contribution in [-0.4, -0.2) is 41.4 Å². The third-order valence-electron chi connectivity index (χ3n) is 7.26. The highest BCUT2D eigenvalue weighted by atomic mass is 19.1. The standard InChI is InChI=1S/C29H38FN3O/c1-3-4-8-27-9-5-6-17-32(27)18-7-16-31-29(34)24-12-13-25-21-33(22(2)28(25)19-24)20-23-10-14-26(30)15-11-23/h10-15,19,27H,2-9,16-18,20-21H2,1H3,(H,31,34). The van der Waals surface area contributed by atoms with Crippen LogP contribution in [0, 0.1) is 5.82 Å². The predicted octanol–water partition coefficient (Wildman–Crippen LogP) is 5.98. The van der Waals surface area contributed by atoms with Crippen molar-refractivity contribution in [3.63, 3.8) is 0 Å². The molecule has 5 heteroatoms. The molecule has 182 valence electrons. The highest BCUT2D eigenvalue weighted by Crippen LogP contribution is 2.33. The topological polar surface area (TPSA) is 35.6 Å². The zero-order valence-electron chi connectivity index (χ0n) is 20.5. The van der Waals surface area contributed by atoms with Crippen LogP contribution in [0.5, 0.6) is 0 Å². The first-order valence-corrected chi connectivity index (χ1v) is 12.9. The Balaban J connectivity index is 1.27. The van der Waals surface area contributed by atoms with Crippen molar-refractivity contribution in [2.45, 2.75) is 71.0 Å².